The van der Waals surface area contributed by atoms with Gasteiger partial charge in [0.2, 0.25) is 15.9 Å². The van der Waals surface area contributed by atoms with E-state index < -0.39 is 16.1 Å². The molecule has 2 aromatic rings. The van der Waals surface area contributed by atoms with E-state index in [4.69, 9.17) is 0 Å². The predicted molar refractivity (Wildman–Crippen MR) is 101 cm³/mol. The summed E-state index contributed by atoms with van der Waals surface area (Å²) in [7, 11) is -1.94. The van der Waals surface area contributed by atoms with Crippen LogP contribution < -0.4 is 0 Å². The van der Waals surface area contributed by atoms with Crippen molar-refractivity contribution >= 4 is 15.9 Å². The normalized spacial score (nSPS) is 18.0. The zero-order valence-corrected chi connectivity index (χ0v) is 15.9. The van der Waals surface area contributed by atoms with E-state index in [9.17, 15) is 13.2 Å². The number of hydrogen-bond acceptors (Lipinski definition) is 3. The molecule has 6 heteroatoms. The average molecular weight is 372 g/mol. The summed E-state index contributed by atoms with van der Waals surface area (Å²) in [6, 6.07) is 15.8. The fraction of sp³-hybridized carbons (Fsp3) is 0.350. The molecule has 0 aliphatic carbocycles. The van der Waals surface area contributed by atoms with E-state index in [0.29, 0.717) is 25.9 Å². The predicted octanol–water partition coefficient (Wildman–Crippen LogP) is 2.81. The number of amides is 1. The SMILES string of the molecule is Cc1ccc(S(=O)(=O)N2CCC[C@H]2C(=O)N(C)Cc2ccccc2)cc1. The lowest BCUT2D eigenvalue weighted by atomic mass is 10.1. The van der Waals surface area contributed by atoms with Crippen molar-refractivity contribution in [1.29, 1.82) is 0 Å². The van der Waals surface area contributed by atoms with Gasteiger partial charge in [-0.15, -0.1) is 0 Å². The lowest BCUT2D eigenvalue weighted by Crippen LogP contribution is -2.46. The van der Waals surface area contributed by atoms with Gasteiger partial charge in [-0.3, -0.25) is 4.79 Å². The summed E-state index contributed by atoms with van der Waals surface area (Å²) in [5.41, 5.74) is 2.02. The number of nitrogens with zero attached hydrogens (tertiary/aromatic N) is 2. The Hall–Kier alpha value is -2.18. The minimum absolute atomic E-state index is 0.151. The van der Waals surface area contributed by atoms with Crippen LogP contribution in [-0.4, -0.2) is 43.2 Å². The van der Waals surface area contributed by atoms with E-state index in [0.717, 1.165) is 11.1 Å². The van der Waals surface area contributed by atoms with E-state index in [1.807, 2.05) is 37.3 Å². The highest BCUT2D eigenvalue weighted by Gasteiger charge is 2.40. The molecule has 2 aromatic carbocycles. The standard InChI is InChI=1S/C20H24N2O3S/c1-16-10-12-18(13-11-16)26(24,25)22-14-6-9-19(22)20(23)21(2)15-17-7-4-3-5-8-17/h3-5,7-8,10-13,19H,6,9,14-15H2,1-2H3/t19-/m0/s1. The maximum absolute atomic E-state index is 13.0. The molecule has 0 spiro atoms. The van der Waals surface area contributed by atoms with Gasteiger partial charge in [0.1, 0.15) is 6.04 Å². The lowest BCUT2D eigenvalue weighted by molar-refractivity contribution is -0.133. The first kappa shape index (κ1) is 18.6. The van der Waals surface area contributed by atoms with Crippen LogP contribution in [0.25, 0.3) is 0 Å². The molecule has 1 fully saturated rings. The van der Waals surface area contributed by atoms with Crippen molar-refractivity contribution in [3.8, 4) is 0 Å². The second kappa shape index (κ2) is 7.60. The van der Waals surface area contributed by atoms with Gasteiger partial charge < -0.3 is 4.90 Å². The van der Waals surface area contributed by atoms with E-state index in [2.05, 4.69) is 0 Å². The van der Waals surface area contributed by atoms with Gasteiger partial charge in [0, 0.05) is 20.1 Å². The number of aryl methyl sites for hydroxylation is 1. The Kier molecular flexibility index (Phi) is 5.44. The van der Waals surface area contributed by atoms with Gasteiger partial charge in [-0.05, 0) is 37.5 Å². The molecule has 1 atom stereocenters. The molecule has 1 aliphatic heterocycles. The lowest BCUT2D eigenvalue weighted by Gasteiger charge is -2.27. The van der Waals surface area contributed by atoms with Crippen molar-refractivity contribution in [2.45, 2.75) is 37.2 Å². The Labute approximate surface area is 155 Å². The first-order valence-corrected chi connectivity index (χ1v) is 10.2. The maximum atomic E-state index is 13.0. The monoisotopic (exact) mass is 372 g/mol. The molecule has 26 heavy (non-hydrogen) atoms. The summed E-state index contributed by atoms with van der Waals surface area (Å²) in [5, 5.41) is 0. The van der Waals surface area contributed by atoms with Crippen molar-refractivity contribution in [2.24, 2.45) is 0 Å². The molecule has 0 N–H and O–H groups in total. The number of likely N-dealkylation sites (N-methyl/N-ethyl adjacent to an activating group) is 1. The summed E-state index contributed by atoms with van der Waals surface area (Å²) in [6.07, 6.45) is 1.25. The number of hydrogen-bond donors (Lipinski definition) is 0. The van der Waals surface area contributed by atoms with E-state index in [-0.39, 0.29) is 10.8 Å². The quantitative estimate of drug-likeness (QED) is 0.811. The van der Waals surface area contributed by atoms with Crippen LogP contribution in [0, 0.1) is 6.92 Å². The molecule has 5 nitrogen and oxygen atoms in total. The van der Waals surface area contributed by atoms with Gasteiger partial charge in [0.25, 0.3) is 0 Å². The maximum Gasteiger partial charge on any atom is 0.243 e. The molecule has 1 saturated heterocycles. The van der Waals surface area contributed by atoms with Gasteiger partial charge in [-0.25, -0.2) is 8.42 Å². The summed E-state index contributed by atoms with van der Waals surface area (Å²) >= 11 is 0. The summed E-state index contributed by atoms with van der Waals surface area (Å²) in [6.45, 7) is 2.76. The largest absolute Gasteiger partial charge is 0.340 e. The van der Waals surface area contributed by atoms with Crippen molar-refractivity contribution in [3.63, 3.8) is 0 Å². The fourth-order valence-corrected chi connectivity index (χ4v) is 4.96. The third-order valence-electron chi connectivity index (χ3n) is 4.76. The fourth-order valence-electron chi connectivity index (χ4n) is 3.31. The summed E-state index contributed by atoms with van der Waals surface area (Å²) in [5.74, 6) is -0.151. The molecular weight excluding hydrogens is 348 g/mol. The Morgan fingerprint density at radius 1 is 1.12 bits per heavy atom. The molecule has 0 bridgehead atoms. The van der Waals surface area contributed by atoms with E-state index in [1.165, 1.54) is 4.31 Å². The third kappa shape index (κ3) is 3.81. The highest BCUT2D eigenvalue weighted by atomic mass is 32.2. The van der Waals surface area contributed by atoms with Crippen LogP contribution in [0.15, 0.2) is 59.5 Å². The molecule has 1 heterocycles. The van der Waals surface area contributed by atoms with Crippen molar-refractivity contribution in [3.05, 3.63) is 65.7 Å². The Bertz CT molecular complexity index is 864. The van der Waals surface area contributed by atoms with Crippen LogP contribution in [0.4, 0.5) is 0 Å². The van der Waals surface area contributed by atoms with Gasteiger partial charge in [-0.2, -0.15) is 4.31 Å². The van der Waals surface area contributed by atoms with Crippen molar-refractivity contribution in [2.75, 3.05) is 13.6 Å². The van der Waals surface area contributed by atoms with Crippen LogP contribution in [0.5, 0.6) is 0 Å². The highest BCUT2D eigenvalue weighted by Crippen LogP contribution is 2.27. The number of sulfonamides is 1. The molecule has 0 saturated carbocycles. The van der Waals surface area contributed by atoms with Crippen LogP contribution in [0.3, 0.4) is 0 Å². The molecule has 0 radical (unpaired) electrons. The third-order valence-corrected chi connectivity index (χ3v) is 6.68. The summed E-state index contributed by atoms with van der Waals surface area (Å²) in [4.78, 5) is 14.8. The van der Waals surface area contributed by atoms with Gasteiger partial charge in [0.15, 0.2) is 0 Å². The minimum atomic E-state index is -3.67. The first-order valence-electron chi connectivity index (χ1n) is 8.77. The van der Waals surface area contributed by atoms with Crippen LogP contribution in [-0.2, 0) is 21.4 Å². The zero-order valence-electron chi connectivity index (χ0n) is 15.1. The van der Waals surface area contributed by atoms with Crippen LogP contribution in [0.2, 0.25) is 0 Å². The Morgan fingerprint density at radius 2 is 1.77 bits per heavy atom. The second-order valence-corrected chi connectivity index (χ2v) is 8.66. The second-order valence-electron chi connectivity index (χ2n) is 6.77. The molecule has 0 unspecified atom stereocenters. The molecule has 1 amide bonds. The molecule has 3 rings (SSSR count). The number of carbonyl (C=O) groups is 1. The van der Waals surface area contributed by atoms with Crippen molar-refractivity contribution < 1.29 is 13.2 Å². The molecule has 1 aliphatic rings. The Morgan fingerprint density at radius 3 is 2.42 bits per heavy atom. The summed E-state index contributed by atoms with van der Waals surface area (Å²) < 4.78 is 27.4. The first-order chi connectivity index (χ1) is 12.4. The number of rotatable bonds is 5. The van der Waals surface area contributed by atoms with Crippen molar-refractivity contribution in [1.82, 2.24) is 9.21 Å². The minimum Gasteiger partial charge on any atom is -0.340 e. The molecule has 138 valence electrons. The van der Waals surface area contributed by atoms with Crippen LogP contribution >= 0.6 is 0 Å². The van der Waals surface area contributed by atoms with Gasteiger partial charge in [0.05, 0.1) is 4.90 Å². The zero-order chi connectivity index (χ0) is 18.7. The van der Waals surface area contributed by atoms with Gasteiger partial charge in [-0.1, -0.05) is 48.0 Å². The molecular formula is C20H24N2O3S. The average Bonchev–Trinajstić information content (AvgIpc) is 3.13. The van der Waals surface area contributed by atoms with E-state index >= 15 is 0 Å². The van der Waals surface area contributed by atoms with E-state index in [1.54, 1.807) is 36.2 Å². The van der Waals surface area contributed by atoms with Crippen LogP contribution in [0.1, 0.15) is 24.0 Å². The Balaban J connectivity index is 1.78. The smallest absolute Gasteiger partial charge is 0.243 e. The molecule has 0 aromatic heterocycles. The topological polar surface area (TPSA) is 57.7 Å². The van der Waals surface area contributed by atoms with Gasteiger partial charge >= 0.3 is 0 Å². The highest BCUT2D eigenvalue weighted by molar-refractivity contribution is 7.89. The number of carbonyl (C=O) groups excluding carboxylic acids is 1. The number of benzene rings is 2.